The Balaban J connectivity index is 2.51. The first-order valence-corrected chi connectivity index (χ1v) is 6.85. The molecule has 1 amide bonds. The van der Waals surface area contributed by atoms with Crippen LogP contribution >= 0.6 is 11.3 Å². The Bertz CT molecular complexity index is 587. The number of nitrogens with two attached hydrogens (primary N) is 1. The van der Waals surface area contributed by atoms with E-state index in [-0.39, 0.29) is 5.91 Å². The molecule has 0 aliphatic carbocycles. The molecule has 0 saturated heterocycles. The van der Waals surface area contributed by atoms with Crippen molar-refractivity contribution in [2.24, 2.45) is 0 Å². The van der Waals surface area contributed by atoms with Gasteiger partial charge >= 0.3 is 0 Å². The van der Waals surface area contributed by atoms with E-state index in [9.17, 15) is 4.79 Å². The molecule has 2 aromatic heterocycles. The number of aryl methyl sites for hydroxylation is 1. The summed E-state index contributed by atoms with van der Waals surface area (Å²) in [6.45, 7) is 7.24. The predicted octanol–water partition coefficient (Wildman–Crippen LogP) is 2.67. The van der Waals surface area contributed by atoms with Gasteiger partial charge in [-0.1, -0.05) is 0 Å². The Morgan fingerprint density at radius 3 is 2.67 bits per heavy atom. The lowest BCUT2D eigenvalue weighted by molar-refractivity contribution is 0.0779. The Morgan fingerprint density at radius 2 is 2.06 bits per heavy atom. The van der Waals surface area contributed by atoms with Crippen LogP contribution in [-0.2, 0) is 0 Å². The van der Waals surface area contributed by atoms with E-state index in [2.05, 4.69) is 4.98 Å². The topological polar surface area (TPSA) is 59.2 Å². The van der Waals surface area contributed by atoms with E-state index < -0.39 is 0 Å². The molecular weight excluding hydrogens is 246 g/mol. The number of nitrogen functional groups attached to an aromatic ring is 1. The number of pyridine rings is 1. The van der Waals surface area contributed by atoms with Gasteiger partial charge < -0.3 is 10.6 Å². The highest BCUT2D eigenvalue weighted by Gasteiger charge is 2.20. The summed E-state index contributed by atoms with van der Waals surface area (Å²) in [5, 5.41) is 0.876. The van der Waals surface area contributed by atoms with Crippen molar-refractivity contribution in [2.45, 2.75) is 20.8 Å². The first-order chi connectivity index (χ1) is 8.58. The van der Waals surface area contributed by atoms with Gasteiger partial charge in [-0.15, -0.1) is 11.3 Å². The lowest BCUT2D eigenvalue weighted by atomic mass is 10.2. The van der Waals surface area contributed by atoms with Gasteiger partial charge in [0.15, 0.2) is 0 Å². The molecule has 2 aromatic rings. The van der Waals surface area contributed by atoms with Crippen molar-refractivity contribution in [1.82, 2.24) is 9.88 Å². The summed E-state index contributed by atoms with van der Waals surface area (Å²) in [6, 6.07) is 3.85. The second-order valence-corrected chi connectivity index (χ2v) is 5.13. The van der Waals surface area contributed by atoms with Crippen LogP contribution in [0.5, 0.6) is 0 Å². The van der Waals surface area contributed by atoms with Crippen LogP contribution in [0.1, 0.15) is 29.2 Å². The van der Waals surface area contributed by atoms with Crippen LogP contribution in [0.25, 0.3) is 10.2 Å². The van der Waals surface area contributed by atoms with Crippen LogP contribution in [0.15, 0.2) is 12.1 Å². The standard InChI is InChI=1S/C13H17N3OS/c1-4-16(5-2)13(17)11-10(14)9-7-6-8(3)15-12(9)18-11/h6-7H,4-5,14H2,1-3H3. The van der Waals surface area contributed by atoms with Crippen molar-refractivity contribution in [3.8, 4) is 0 Å². The van der Waals surface area contributed by atoms with E-state index in [0.29, 0.717) is 23.7 Å². The van der Waals surface area contributed by atoms with Gasteiger partial charge in [0.1, 0.15) is 9.71 Å². The maximum absolute atomic E-state index is 12.3. The molecule has 2 N–H and O–H groups in total. The van der Waals surface area contributed by atoms with E-state index >= 15 is 0 Å². The molecule has 4 nitrogen and oxygen atoms in total. The number of rotatable bonds is 3. The summed E-state index contributed by atoms with van der Waals surface area (Å²) in [4.78, 5) is 19.9. The van der Waals surface area contributed by atoms with E-state index in [1.165, 1.54) is 11.3 Å². The SMILES string of the molecule is CCN(CC)C(=O)c1sc2nc(C)ccc2c1N. The number of carbonyl (C=O) groups is 1. The third-order valence-corrected chi connectivity index (χ3v) is 4.08. The van der Waals surface area contributed by atoms with E-state index in [4.69, 9.17) is 5.73 Å². The Hall–Kier alpha value is -1.62. The summed E-state index contributed by atoms with van der Waals surface area (Å²) >= 11 is 1.38. The molecule has 0 unspecified atom stereocenters. The molecule has 0 saturated carbocycles. The van der Waals surface area contributed by atoms with Gasteiger partial charge in [0.2, 0.25) is 0 Å². The van der Waals surface area contributed by atoms with Crippen LogP contribution < -0.4 is 5.73 Å². The fourth-order valence-electron chi connectivity index (χ4n) is 1.90. The van der Waals surface area contributed by atoms with Crippen LogP contribution in [0.3, 0.4) is 0 Å². The maximum Gasteiger partial charge on any atom is 0.266 e. The molecule has 0 radical (unpaired) electrons. The Morgan fingerprint density at radius 1 is 1.39 bits per heavy atom. The lowest BCUT2D eigenvalue weighted by Gasteiger charge is -2.17. The molecule has 0 aliphatic rings. The molecular formula is C13H17N3OS. The minimum atomic E-state index is -0.00171. The van der Waals surface area contributed by atoms with Gasteiger partial charge in [-0.25, -0.2) is 4.98 Å². The smallest absolute Gasteiger partial charge is 0.266 e. The Kier molecular flexibility index (Phi) is 3.52. The molecule has 2 heterocycles. The van der Waals surface area contributed by atoms with Crippen molar-refractivity contribution in [2.75, 3.05) is 18.8 Å². The number of anilines is 1. The monoisotopic (exact) mass is 263 g/mol. The summed E-state index contributed by atoms with van der Waals surface area (Å²) in [7, 11) is 0. The number of amides is 1. The molecule has 96 valence electrons. The molecule has 0 fully saturated rings. The molecule has 0 spiro atoms. The average Bonchev–Trinajstić information content (AvgIpc) is 2.67. The van der Waals surface area contributed by atoms with Gasteiger partial charge in [-0.05, 0) is 32.9 Å². The van der Waals surface area contributed by atoms with Gasteiger partial charge in [0.05, 0.1) is 5.69 Å². The van der Waals surface area contributed by atoms with Crippen molar-refractivity contribution in [3.63, 3.8) is 0 Å². The zero-order valence-electron chi connectivity index (χ0n) is 10.9. The van der Waals surface area contributed by atoms with Crippen molar-refractivity contribution in [1.29, 1.82) is 0 Å². The largest absolute Gasteiger partial charge is 0.397 e. The van der Waals surface area contributed by atoms with Crippen molar-refractivity contribution >= 4 is 33.1 Å². The number of hydrogen-bond donors (Lipinski definition) is 1. The minimum absolute atomic E-state index is 0.00171. The molecule has 0 aliphatic heterocycles. The molecule has 0 atom stereocenters. The average molecular weight is 263 g/mol. The van der Waals surface area contributed by atoms with E-state index in [1.54, 1.807) is 4.90 Å². The lowest BCUT2D eigenvalue weighted by Crippen LogP contribution is -2.30. The number of carbonyl (C=O) groups excluding carboxylic acids is 1. The highest BCUT2D eigenvalue weighted by molar-refractivity contribution is 7.21. The van der Waals surface area contributed by atoms with Gasteiger partial charge in [-0.2, -0.15) is 0 Å². The van der Waals surface area contributed by atoms with Gasteiger partial charge in [0, 0.05) is 24.2 Å². The number of fused-ring (bicyclic) bond motifs is 1. The van der Waals surface area contributed by atoms with Crippen LogP contribution in [0.2, 0.25) is 0 Å². The number of aromatic nitrogens is 1. The second kappa shape index (κ2) is 4.94. The zero-order valence-corrected chi connectivity index (χ0v) is 11.7. The van der Waals surface area contributed by atoms with Crippen molar-refractivity contribution in [3.05, 3.63) is 22.7 Å². The third kappa shape index (κ3) is 2.06. The highest BCUT2D eigenvalue weighted by Crippen LogP contribution is 2.33. The van der Waals surface area contributed by atoms with E-state index in [0.717, 1.165) is 15.9 Å². The fraction of sp³-hybridized carbons (Fsp3) is 0.385. The number of thiophene rings is 1. The summed E-state index contributed by atoms with van der Waals surface area (Å²) < 4.78 is 0. The second-order valence-electron chi connectivity index (χ2n) is 4.13. The fourth-order valence-corrected chi connectivity index (χ4v) is 3.01. The zero-order chi connectivity index (χ0) is 13.3. The van der Waals surface area contributed by atoms with Gasteiger partial charge in [0.25, 0.3) is 5.91 Å². The third-order valence-electron chi connectivity index (χ3n) is 2.98. The molecule has 2 rings (SSSR count). The maximum atomic E-state index is 12.3. The number of hydrogen-bond acceptors (Lipinski definition) is 4. The first kappa shape index (κ1) is 12.8. The summed E-state index contributed by atoms with van der Waals surface area (Å²) in [6.07, 6.45) is 0. The first-order valence-electron chi connectivity index (χ1n) is 6.03. The molecule has 18 heavy (non-hydrogen) atoms. The van der Waals surface area contributed by atoms with Crippen LogP contribution in [0, 0.1) is 6.92 Å². The van der Waals surface area contributed by atoms with Crippen LogP contribution in [0.4, 0.5) is 5.69 Å². The molecule has 0 aromatic carbocycles. The van der Waals surface area contributed by atoms with Gasteiger partial charge in [-0.3, -0.25) is 4.79 Å². The molecule has 0 bridgehead atoms. The normalized spacial score (nSPS) is 10.8. The van der Waals surface area contributed by atoms with Crippen molar-refractivity contribution < 1.29 is 4.79 Å². The number of nitrogens with zero attached hydrogens (tertiary/aromatic N) is 2. The highest BCUT2D eigenvalue weighted by atomic mass is 32.1. The quantitative estimate of drug-likeness (QED) is 0.926. The Labute approximate surface area is 110 Å². The van der Waals surface area contributed by atoms with Crippen LogP contribution in [-0.4, -0.2) is 28.9 Å². The summed E-state index contributed by atoms with van der Waals surface area (Å²) in [5.41, 5.74) is 7.55. The van der Waals surface area contributed by atoms with E-state index in [1.807, 2.05) is 32.9 Å². The molecule has 5 heteroatoms. The minimum Gasteiger partial charge on any atom is -0.397 e. The summed E-state index contributed by atoms with van der Waals surface area (Å²) in [5.74, 6) is -0.00171. The predicted molar refractivity (Wildman–Crippen MR) is 76.0 cm³/mol.